The van der Waals surface area contributed by atoms with Gasteiger partial charge in [-0.25, -0.2) is 4.98 Å². The molecule has 0 saturated heterocycles. The van der Waals surface area contributed by atoms with Crippen molar-refractivity contribution in [3.05, 3.63) is 58.0 Å². The van der Waals surface area contributed by atoms with Crippen molar-refractivity contribution in [1.82, 2.24) is 4.98 Å². The quantitative estimate of drug-likeness (QED) is 0.571. The number of rotatable bonds is 5. The third-order valence-corrected chi connectivity index (χ3v) is 4.76. The average molecular weight is 420 g/mol. The van der Waals surface area contributed by atoms with Crippen LogP contribution in [-0.4, -0.2) is 24.1 Å². The van der Waals surface area contributed by atoms with Gasteiger partial charge in [-0.1, -0.05) is 63.9 Å². The van der Waals surface area contributed by atoms with E-state index in [1.165, 1.54) is 0 Å². The summed E-state index contributed by atoms with van der Waals surface area (Å²) in [5, 5.41) is 4.51. The molecule has 1 N–H and O–H groups in total. The molecule has 4 nitrogen and oxygen atoms in total. The van der Waals surface area contributed by atoms with Crippen LogP contribution in [0.2, 0.25) is 5.02 Å². The molecule has 3 aromatic rings. The minimum absolute atomic E-state index is 0.0208. The fraction of sp³-hybridized carbons (Fsp3) is 0.158. The first-order valence-corrected chi connectivity index (χ1v) is 9.01. The van der Waals surface area contributed by atoms with Crippen LogP contribution in [0, 0.1) is 0 Å². The lowest BCUT2D eigenvalue weighted by Gasteiger charge is -2.16. The zero-order valence-corrected chi connectivity index (χ0v) is 15.9. The molecule has 0 aliphatic heterocycles. The molecule has 6 heteroatoms. The van der Waals surface area contributed by atoms with E-state index in [9.17, 15) is 4.79 Å². The van der Waals surface area contributed by atoms with Crippen molar-refractivity contribution in [3.63, 3.8) is 0 Å². The number of esters is 1. The zero-order valence-electron chi connectivity index (χ0n) is 13.6. The van der Waals surface area contributed by atoms with Crippen LogP contribution in [0.25, 0.3) is 22.0 Å². The van der Waals surface area contributed by atoms with Crippen molar-refractivity contribution in [3.8, 4) is 11.1 Å². The Labute approximate surface area is 159 Å². The minimum Gasteiger partial charge on any atom is -0.465 e. The molecule has 25 heavy (non-hydrogen) atoms. The number of pyridine rings is 1. The number of carbonyl (C=O) groups is 1. The monoisotopic (exact) mass is 418 g/mol. The molecule has 0 bridgehead atoms. The number of halogens is 2. The highest BCUT2D eigenvalue weighted by atomic mass is 79.9. The predicted molar refractivity (Wildman–Crippen MR) is 105 cm³/mol. The van der Waals surface area contributed by atoms with Crippen LogP contribution in [0.1, 0.15) is 6.92 Å². The van der Waals surface area contributed by atoms with Gasteiger partial charge in [-0.05, 0) is 19.1 Å². The summed E-state index contributed by atoms with van der Waals surface area (Å²) in [5.41, 5.74) is 2.41. The van der Waals surface area contributed by atoms with Crippen LogP contribution in [0.4, 0.5) is 5.82 Å². The molecular formula is C19H16BrClN2O2. The van der Waals surface area contributed by atoms with Crippen molar-refractivity contribution in [2.24, 2.45) is 0 Å². The van der Waals surface area contributed by atoms with Crippen LogP contribution in [-0.2, 0) is 9.53 Å². The third-order valence-electron chi connectivity index (χ3n) is 3.68. The summed E-state index contributed by atoms with van der Waals surface area (Å²) < 4.78 is 5.88. The number of benzene rings is 2. The Morgan fingerprint density at radius 1 is 1.20 bits per heavy atom. The smallest absolute Gasteiger partial charge is 0.325 e. The summed E-state index contributed by atoms with van der Waals surface area (Å²) in [7, 11) is 0. The number of fused-ring (bicyclic) bond motifs is 1. The number of carbonyl (C=O) groups excluding carboxylic acids is 1. The van der Waals surface area contributed by atoms with Crippen LogP contribution < -0.4 is 5.32 Å². The maximum absolute atomic E-state index is 11.7. The number of aromatic nitrogens is 1. The van der Waals surface area contributed by atoms with Gasteiger partial charge in [0.1, 0.15) is 12.4 Å². The van der Waals surface area contributed by atoms with Crippen LogP contribution >= 0.6 is 27.5 Å². The largest absolute Gasteiger partial charge is 0.465 e. The highest BCUT2D eigenvalue weighted by Crippen LogP contribution is 2.41. The van der Waals surface area contributed by atoms with E-state index in [1.54, 1.807) is 6.92 Å². The SMILES string of the molecule is CCOC(=O)CNc1nc2ccccc2c(Cl)c1-c1ccccc1Br. The maximum atomic E-state index is 11.7. The molecule has 0 saturated carbocycles. The molecule has 1 heterocycles. The molecule has 0 aliphatic rings. The lowest BCUT2D eigenvalue weighted by molar-refractivity contribution is -0.140. The maximum Gasteiger partial charge on any atom is 0.325 e. The van der Waals surface area contributed by atoms with Gasteiger partial charge >= 0.3 is 5.97 Å². The van der Waals surface area contributed by atoms with Gasteiger partial charge in [-0.3, -0.25) is 4.79 Å². The molecule has 0 fully saturated rings. The van der Waals surface area contributed by atoms with Gasteiger partial charge in [0.15, 0.2) is 0 Å². The molecule has 0 radical (unpaired) electrons. The standard InChI is InChI=1S/C19H16BrClN2O2/c1-2-25-16(24)11-22-19-17(12-7-3-5-9-14(12)20)18(21)13-8-4-6-10-15(13)23-19/h3-10H,2,11H2,1H3,(H,22,23). The molecule has 0 aliphatic carbocycles. The molecule has 1 aromatic heterocycles. The molecule has 0 amide bonds. The van der Waals surface area contributed by atoms with E-state index in [4.69, 9.17) is 16.3 Å². The average Bonchev–Trinajstić information content (AvgIpc) is 2.61. The van der Waals surface area contributed by atoms with E-state index in [0.717, 1.165) is 26.5 Å². The molecule has 2 aromatic carbocycles. The van der Waals surface area contributed by atoms with Crippen molar-refractivity contribution in [2.75, 3.05) is 18.5 Å². The van der Waals surface area contributed by atoms with Gasteiger partial charge in [0.25, 0.3) is 0 Å². The molecule has 0 spiro atoms. The first kappa shape index (κ1) is 17.7. The highest BCUT2D eigenvalue weighted by molar-refractivity contribution is 9.10. The predicted octanol–water partition coefficient (Wildman–Crippen LogP) is 5.29. The molecule has 0 unspecified atom stereocenters. The lowest BCUT2D eigenvalue weighted by Crippen LogP contribution is -2.18. The Hall–Kier alpha value is -2.11. The Kier molecular flexibility index (Phi) is 5.56. The first-order chi connectivity index (χ1) is 12.1. The fourth-order valence-corrected chi connectivity index (χ4v) is 3.41. The summed E-state index contributed by atoms with van der Waals surface area (Å²) in [6.45, 7) is 2.13. The fourth-order valence-electron chi connectivity index (χ4n) is 2.58. The van der Waals surface area contributed by atoms with Gasteiger partial charge in [0.05, 0.1) is 17.1 Å². The molecule has 3 rings (SSSR count). The van der Waals surface area contributed by atoms with Gasteiger partial charge in [-0.15, -0.1) is 0 Å². The summed E-state index contributed by atoms with van der Waals surface area (Å²) in [6.07, 6.45) is 0. The second-order valence-electron chi connectivity index (χ2n) is 5.30. The Morgan fingerprint density at radius 3 is 2.68 bits per heavy atom. The second kappa shape index (κ2) is 7.85. The van der Waals surface area contributed by atoms with Gasteiger partial charge < -0.3 is 10.1 Å². The summed E-state index contributed by atoms with van der Waals surface area (Å²) in [6, 6.07) is 15.4. The summed E-state index contributed by atoms with van der Waals surface area (Å²) in [4.78, 5) is 16.4. The van der Waals surface area contributed by atoms with Crippen molar-refractivity contribution >= 4 is 50.2 Å². The number of anilines is 1. The van der Waals surface area contributed by atoms with E-state index >= 15 is 0 Å². The van der Waals surface area contributed by atoms with Crippen molar-refractivity contribution in [1.29, 1.82) is 0 Å². The second-order valence-corrected chi connectivity index (χ2v) is 6.54. The van der Waals surface area contributed by atoms with E-state index in [1.807, 2.05) is 48.5 Å². The van der Waals surface area contributed by atoms with E-state index in [2.05, 4.69) is 26.2 Å². The summed E-state index contributed by atoms with van der Waals surface area (Å²) >= 11 is 10.3. The number of hydrogen-bond donors (Lipinski definition) is 1. The first-order valence-electron chi connectivity index (χ1n) is 7.84. The van der Waals surface area contributed by atoms with Gasteiger partial charge in [0.2, 0.25) is 0 Å². The van der Waals surface area contributed by atoms with Crippen LogP contribution in [0.15, 0.2) is 53.0 Å². The Balaban J connectivity index is 2.14. The van der Waals surface area contributed by atoms with Crippen molar-refractivity contribution in [2.45, 2.75) is 6.92 Å². The van der Waals surface area contributed by atoms with E-state index in [-0.39, 0.29) is 12.5 Å². The number of para-hydroxylation sites is 1. The zero-order chi connectivity index (χ0) is 17.8. The summed E-state index contributed by atoms with van der Waals surface area (Å²) in [5.74, 6) is 0.204. The highest BCUT2D eigenvalue weighted by Gasteiger charge is 2.18. The number of nitrogens with zero attached hydrogens (tertiary/aromatic N) is 1. The van der Waals surface area contributed by atoms with E-state index in [0.29, 0.717) is 17.4 Å². The number of hydrogen-bond acceptors (Lipinski definition) is 4. The third kappa shape index (κ3) is 3.78. The molecule has 0 atom stereocenters. The van der Waals surface area contributed by atoms with Crippen LogP contribution in [0.5, 0.6) is 0 Å². The van der Waals surface area contributed by atoms with Gasteiger partial charge in [0, 0.05) is 21.0 Å². The normalized spacial score (nSPS) is 10.7. The van der Waals surface area contributed by atoms with Crippen LogP contribution in [0.3, 0.4) is 0 Å². The molecule has 128 valence electrons. The van der Waals surface area contributed by atoms with Crippen molar-refractivity contribution < 1.29 is 9.53 Å². The number of nitrogens with one attached hydrogen (secondary N) is 1. The minimum atomic E-state index is -0.341. The van der Waals surface area contributed by atoms with E-state index < -0.39 is 0 Å². The van der Waals surface area contributed by atoms with Gasteiger partial charge in [-0.2, -0.15) is 0 Å². The Morgan fingerprint density at radius 2 is 1.92 bits per heavy atom. The molecular weight excluding hydrogens is 404 g/mol. The lowest BCUT2D eigenvalue weighted by atomic mass is 10.0. The number of ether oxygens (including phenoxy) is 1. The Bertz CT molecular complexity index is 930. The topological polar surface area (TPSA) is 51.2 Å².